The van der Waals surface area contributed by atoms with Crippen molar-refractivity contribution in [2.24, 2.45) is 46.8 Å². The lowest BCUT2D eigenvalue weighted by atomic mass is 8.93. The zero-order chi connectivity index (χ0) is 11.0. The Bertz CT molecular complexity index is 384. The van der Waals surface area contributed by atoms with Crippen LogP contribution in [0.5, 0.6) is 0 Å². The highest BCUT2D eigenvalue weighted by Gasteiger charge is 3.09. The van der Waals surface area contributed by atoms with E-state index in [0.29, 0.717) is 5.54 Å². The molecule has 0 heterocycles. The van der Waals surface area contributed by atoms with Gasteiger partial charge in [0.15, 0.2) is 0 Å². The van der Waals surface area contributed by atoms with Crippen LogP contribution >= 0.6 is 0 Å². The Morgan fingerprint density at radius 1 is 1.12 bits per heavy atom. The molecule has 0 aliphatic heterocycles. The first-order valence-corrected chi connectivity index (χ1v) is 6.85. The third-order valence-corrected chi connectivity index (χ3v) is 6.99. The molecule has 0 atom stereocenters. The molecule has 2 heteroatoms. The monoisotopic (exact) mass is 217 g/mol. The van der Waals surface area contributed by atoms with Gasteiger partial charge < -0.3 is 5.32 Å². The van der Waals surface area contributed by atoms with E-state index in [9.17, 15) is 4.79 Å². The van der Waals surface area contributed by atoms with Gasteiger partial charge in [0, 0.05) is 6.92 Å². The van der Waals surface area contributed by atoms with Crippen molar-refractivity contribution in [3.05, 3.63) is 0 Å². The van der Waals surface area contributed by atoms with E-state index in [-0.39, 0.29) is 5.91 Å². The van der Waals surface area contributed by atoms with Gasteiger partial charge in [0.05, 0.1) is 5.54 Å². The van der Waals surface area contributed by atoms with Gasteiger partial charge in [-0.25, -0.2) is 0 Å². The standard InChI is InChI=1S/C14H19NO/c1-5(2)4-13-7-10-8(13)12-9(13)11(7)14(10,12)15-6(3)16/h5,7-12H,4H2,1-3H3,(H,15,16). The van der Waals surface area contributed by atoms with Gasteiger partial charge in [0.25, 0.3) is 0 Å². The summed E-state index contributed by atoms with van der Waals surface area (Å²) in [4.78, 5) is 11.3. The minimum Gasteiger partial charge on any atom is -0.350 e. The largest absolute Gasteiger partial charge is 0.350 e. The molecule has 6 aliphatic rings. The number of hydrogen-bond acceptors (Lipinski definition) is 1. The van der Waals surface area contributed by atoms with Gasteiger partial charge in [-0.15, -0.1) is 0 Å². The van der Waals surface area contributed by atoms with Crippen LogP contribution in [0.4, 0.5) is 0 Å². The highest BCUT2D eigenvalue weighted by molar-refractivity contribution is 5.77. The topological polar surface area (TPSA) is 29.1 Å². The lowest BCUT2D eigenvalue weighted by molar-refractivity contribution is -0.627. The number of nitrogens with one attached hydrogen (secondary N) is 1. The van der Waals surface area contributed by atoms with Gasteiger partial charge in [-0.05, 0) is 53.3 Å². The van der Waals surface area contributed by atoms with Crippen molar-refractivity contribution in [3.8, 4) is 0 Å². The first kappa shape index (κ1) is 8.54. The summed E-state index contributed by atoms with van der Waals surface area (Å²) < 4.78 is 0. The predicted octanol–water partition coefficient (Wildman–Crippen LogP) is 1.66. The van der Waals surface area contributed by atoms with E-state index in [1.165, 1.54) is 6.42 Å². The van der Waals surface area contributed by atoms with E-state index < -0.39 is 0 Å². The number of amides is 1. The molecule has 6 aliphatic carbocycles. The van der Waals surface area contributed by atoms with Crippen LogP contribution in [0.25, 0.3) is 0 Å². The van der Waals surface area contributed by atoms with Crippen LogP contribution in [0.2, 0.25) is 0 Å². The molecule has 16 heavy (non-hydrogen) atoms. The maximum absolute atomic E-state index is 11.3. The normalized spacial score (nSPS) is 69.2. The number of carbonyl (C=O) groups is 1. The highest BCUT2D eigenvalue weighted by atomic mass is 16.1. The highest BCUT2D eigenvalue weighted by Crippen LogP contribution is 3.07. The average Bonchev–Trinajstić information content (AvgIpc) is 2.21. The van der Waals surface area contributed by atoms with Crippen LogP contribution in [0.1, 0.15) is 27.2 Å². The number of hydrogen-bond donors (Lipinski definition) is 1. The van der Waals surface area contributed by atoms with Crippen LogP contribution in [-0.2, 0) is 4.79 Å². The van der Waals surface area contributed by atoms with Gasteiger partial charge in [0.1, 0.15) is 0 Å². The summed E-state index contributed by atoms with van der Waals surface area (Å²) in [5, 5.41) is 3.30. The fraction of sp³-hybridized carbons (Fsp3) is 0.929. The van der Waals surface area contributed by atoms with E-state index in [1.807, 2.05) is 0 Å². The van der Waals surface area contributed by atoms with Crippen molar-refractivity contribution in [2.45, 2.75) is 32.7 Å². The van der Waals surface area contributed by atoms with E-state index in [0.717, 1.165) is 46.8 Å². The summed E-state index contributed by atoms with van der Waals surface area (Å²) in [6.45, 7) is 6.42. The molecule has 6 rings (SSSR count). The summed E-state index contributed by atoms with van der Waals surface area (Å²) >= 11 is 0. The zero-order valence-corrected chi connectivity index (χ0v) is 10.2. The van der Waals surface area contributed by atoms with E-state index in [4.69, 9.17) is 0 Å². The Morgan fingerprint density at radius 3 is 2.00 bits per heavy atom. The lowest BCUT2D eigenvalue weighted by Gasteiger charge is -3.11. The molecule has 0 aromatic rings. The summed E-state index contributed by atoms with van der Waals surface area (Å²) in [5.41, 5.74) is 1.15. The van der Waals surface area contributed by atoms with Crippen LogP contribution in [-0.4, -0.2) is 11.4 Å². The number of rotatable bonds is 3. The third kappa shape index (κ3) is 0.434. The van der Waals surface area contributed by atoms with Gasteiger partial charge in [-0.3, -0.25) is 4.79 Å². The molecule has 0 unspecified atom stereocenters. The molecule has 1 amide bonds. The second-order valence-electron chi connectivity index (χ2n) is 7.48. The number of carbonyl (C=O) groups excluding carboxylic acids is 1. The van der Waals surface area contributed by atoms with Crippen LogP contribution < -0.4 is 5.32 Å². The zero-order valence-electron chi connectivity index (χ0n) is 10.2. The lowest BCUT2D eigenvalue weighted by Crippen LogP contribution is -3.15. The maximum Gasteiger partial charge on any atom is 0.217 e. The van der Waals surface area contributed by atoms with Crippen molar-refractivity contribution < 1.29 is 4.79 Å². The smallest absolute Gasteiger partial charge is 0.217 e. The molecule has 0 saturated heterocycles. The molecule has 0 radical (unpaired) electrons. The molecular weight excluding hydrogens is 198 g/mol. The fourth-order valence-corrected chi connectivity index (χ4v) is 7.42. The Hall–Kier alpha value is -0.530. The Labute approximate surface area is 96.2 Å². The quantitative estimate of drug-likeness (QED) is 0.765. The summed E-state index contributed by atoms with van der Waals surface area (Å²) in [6, 6.07) is 0. The van der Waals surface area contributed by atoms with E-state index >= 15 is 0 Å². The molecule has 0 bridgehead atoms. The molecular formula is C14H19NO. The molecule has 0 aromatic heterocycles. The Morgan fingerprint density at radius 2 is 1.62 bits per heavy atom. The van der Waals surface area contributed by atoms with Crippen molar-refractivity contribution >= 4 is 5.91 Å². The SMILES string of the molecule is CC(=O)NC12C3C4C1C1C2C3C41CC(C)C. The summed E-state index contributed by atoms with van der Waals surface area (Å²) in [6.07, 6.45) is 1.46. The Balaban J connectivity index is 1.44. The molecule has 0 aromatic carbocycles. The van der Waals surface area contributed by atoms with Crippen molar-refractivity contribution in [3.63, 3.8) is 0 Å². The average molecular weight is 217 g/mol. The molecule has 86 valence electrons. The molecule has 1 N–H and O–H groups in total. The molecule has 6 saturated carbocycles. The first-order valence-electron chi connectivity index (χ1n) is 6.85. The minimum atomic E-state index is 0.202. The molecule has 6 fully saturated rings. The van der Waals surface area contributed by atoms with Crippen molar-refractivity contribution in [2.75, 3.05) is 0 Å². The summed E-state index contributed by atoms with van der Waals surface area (Å²) in [7, 11) is 0. The van der Waals surface area contributed by atoms with Crippen molar-refractivity contribution in [1.82, 2.24) is 5.32 Å². The van der Waals surface area contributed by atoms with Gasteiger partial charge in [-0.2, -0.15) is 0 Å². The predicted molar refractivity (Wildman–Crippen MR) is 59.4 cm³/mol. The second-order valence-corrected chi connectivity index (χ2v) is 7.48. The van der Waals surface area contributed by atoms with Crippen LogP contribution in [0.15, 0.2) is 0 Å². The molecule has 0 spiro atoms. The van der Waals surface area contributed by atoms with E-state index in [2.05, 4.69) is 19.2 Å². The summed E-state index contributed by atoms with van der Waals surface area (Å²) in [5.74, 6) is 6.89. The van der Waals surface area contributed by atoms with Crippen LogP contribution in [0, 0.1) is 46.8 Å². The fourth-order valence-electron chi connectivity index (χ4n) is 7.42. The maximum atomic E-state index is 11.3. The molecule has 2 nitrogen and oxygen atoms in total. The minimum absolute atomic E-state index is 0.202. The second kappa shape index (κ2) is 1.87. The van der Waals surface area contributed by atoms with Crippen molar-refractivity contribution in [1.29, 1.82) is 0 Å². The van der Waals surface area contributed by atoms with Gasteiger partial charge in [-0.1, -0.05) is 13.8 Å². The van der Waals surface area contributed by atoms with Crippen LogP contribution in [0.3, 0.4) is 0 Å². The third-order valence-electron chi connectivity index (χ3n) is 6.99. The van der Waals surface area contributed by atoms with Gasteiger partial charge >= 0.3 is 0 Å². The van der Waals surface area contributed by atoms with Gasteiger partial charge in [0.2, 0.25) is 5.91 Å². The Kier molecular flexibility index (Phi) is 0.999. The first-order chi connectivity index (χ1) is 7.57. The van der Waals surface area contributed by atoms with E-state index in [1.54, 1.807) is 6.92 Å².